The molecule has 1 atom stereocenters. The summed E-state index contributed by atoms with van der Waals surface area (Å²) in [5.41, 5.74) is 4.39. The van der Waals surface area contributed by atoms with E-state index < -0.39 is 16.0 Å². The van der Waals surface area contributed by atoms with Crippen LogP contribution in [0.2, 0.25) is 0 Å². The molecule has 7 nitrogen and oxygen atoms in total. The maximum absolute atomic E-state index is 12.9. The first kappa shape index (κ1) is 25.4. The molecule has 0 radical (unpaired) electrons. The highest BCUT2D eigenvalue weighted by atomic mass is 32.2. The van der Waals surface area contributed by atoms with Crippen molar-refractivity contribution in [3.63, 3.8) is 0 Å². The van der Waals surface area contributed by atoms with E-state index in [2.05, 4.69) is 4.72 Å². The lowest BCUT2D eigenvalue weighted by atomic mass is 9.95. The molecule has 2 aromatic rings. The van der Waals surface area contributed by atoms with E-state index in [0.717, 1.165) is 34.4 Å². The SMILES string of the molecule is Cc1c(C)c(C)c(S(=O)(=O)NCCC(=O)OCC(=O)N2CCCC2c2cccs2)c(C)c1C. The van der Waals surface area contributed by atoms with Gasteiger partial charge in [0.05, 0.1) is 17.4 Å². The summed E-state index contributed by atoms with van der Waals surface area (Å²) in [4.78, 5) is 27.9. The van der Waals surface area contributed by atoms with E-state index in [9.17, 15) is 18.0 Å². The van der Waals surface area contributed by atoms with Crippen molar-refractivity contribution >= 4 is 33.2 Å². The molecule has 0 aliphatic carbocycles. The Morgan fingerprint density at radius 3 is 2.33 bits per heavy atom. The van der Waals surface area contributed by atoms with Gasteiger partial charge in [-0.3, -0.25) is 9.59 Å². The molecule has 9 heteroatoms. The fourth-order valence-electron chi connectivity index (χ4n) is 4.37. The highest BCUT2D eigenvalue weighted by molar-refractivity contribution is 7.89. The van der Waals surface area contributed by atoms with Crippen molar-refractivity contribution in [2.75, 3.05) is 19.7 Å². The average molecular weight is 493 g/mol. The second-order valence-electron chi connectivity index (χ2n) is 8.52. The Morgan fingerprint density at radius 1 is 1.09 bits per heavy atom. The van der Waals surface area contributed by atoms with Crippen LogP contribution in [0.15, 0.2) is 22.4 Å². The lowest BCUT2D eigenvalue weighted by Crippen LogP contribution is -2.34. The number of amides is 1. The minimum Gasteiger partial charge on any atom is -0.456 e. The molecule has 0 bridgehead atoms. The Balaban J connectivity index is 1.53. The number of benzene rings is 1. The minimum absolute atomic E-state index is 0.0379. The van der Waals surface area contributed by atoms with Crippen LogP contribution in [-0.4, -0.2) is 44.9 Å². The molecule has 0 saturated carbocycles. The van der Waals surface area contributed by atoms with Gasteiger partial charge in [0.25, 0.3) is 5.91 Å². The topological polar surface area (TPSA) is 92.8 Å². The van der Waals surface area contributed by atoms with Crippen LogP contribution >= 0.6 is 11.3 Å². The van der Waals surface area contributed by atoms with Gasteiger partial charge in [0.1, 0.15) is 0 Å². The zero-order valence-electron chi connectivity index (χ0n) is 19.9. The first-order valence-corrected chi connectivity index (χ1v) is 13.5. The molecule has 1 saturated heterocycles. The van der Waals surface area contributed by atoms with E-state index in [1.807, 2.05) is 38.3 Å². The van der Waals surface area contributed by atoms with E-state index in [-0.39, 0.29) is 36.4 Å². The summed E-state index contributed by atoms with van der Waals surface area (Å²) in [6, 6.07) is 4.01. The van der Waals surface area contributed by atoms with Crippen molar-refractivity contribution in [3.05, 3.63) is 50.2 Å². The Morgan fingerprint density at radius 2 is 1.73 bits per heavy atom. The van der Waals surface area contributed by atoms with E-state index in [1.54, 1.807) is 30.1 Å². The zero-order chi connectivity index (χ0) is 24.3. The summed E-state index contributed by atoms with van der Waals surface area (Å²) < 4.78 is 33.5. The molecule has 1 aromatic carbocycles. The molecule has 1 aromatic heterocycles. The van der Waals surface area contributed by atoms with Crippen molar-refractivity contribution in [2.24, 2.45) is 0 Å². The van der Waals surface area contributed by atoms with Crippen LogP contribution in [0.5, 0.6) is 0 Å². The largest absolute Gasteiger partial charge is 0.456 e. The number of carbonyl (C=O) groups excluding carboxylic acids is 2. The number of thiophene rings is 1. The number of hydrogen-bond donors (Lipinski definition) is 1. The lowest BCUT2D eigenvalue weighted by Gasteiger charge is -2.23. The van der Waals surface area contributed by atoms with Gasteiger partial charge in [0, 0.05) is 18.0 Å². The van der Waals surface area contributed by atoms with Gasteiger partial charge in [-0.25, -0.2) is 13.1 Å². The van der Waals surface area contributed by atoms with Gasteiger partial charge in [-0.2, -0.15) is 0 Å². The third-order valence-electron chi connectivity index (χ3n) is 6.62. The molecule has 2 heterocycles. The van der Waals surface area contributed by atoms with Gasteiger partial charge in [-0.15, -0.1) is 11.3 Å². The van der Waals surface area contributed by atoms with E-state index in [0.29, 0.717) is 17.7 Å². The van der Waals surface area contributed by atoms with Crippen LogP contribution in [0.25, 0.3) is 0 Å². The standard InChI is InChI=1S/C24H32N2O5S2/c1-15-16(2)18(4)24(19(5)17(15)3)33(29,30)25-11-10-23(28)31-14-22(27)26-12-6-8-20(26)21-9-7-13-32-21/h7,9,13,20,25H,6,8,10-12,14H2,1-5H3. The molecule has 1 amide bonds. The van der Waals surface area contributed by atoms with Crippen molar-refractivity contribution in [1.29, 1.82) is 0 Å². The second-order valence-corrected chi connectivity index (χ2v) is 11.2. The van der Waals surface area contributed by atoms with Gasteiger partial charge in [0.2, 0.25) is 10.0 Å². The number of esters is 1. The number of sulfonamides is 1. The van der Waals surface area contributed by atoms with Crippen LogP contribution in [0.4, 0.5) is 0 Å². The van der Waals surface area contributed by atoms with Crippen LogP contribution in [0.3, 0.4) is 0 Å². The second kappa shape index (κ2) is 10.4. The van der Waals surface area contributed by atoms with E-state index in [4.69, 9.17) is 4.74 Å². The average Bonchev–Trinajstić information content (AvgIpc) is 3.46. The Labute approximate surface area is 200 Å². The van der Waals surface area contributed by atoms with Crippen LogP contribution in [0.1, 0.15) is 58.0 Å². The van der Waals surface area contributed by atoms with Crippen molar-refractivity contribution in [1.82, 2.24) is 9.62 Å². The monoisotopic (exact) mass is 492 g/mol. The summed E-state index contributed by atoms with van der Waals surface area (Å²) in [5, 5.41) is 1.99. The Kier molecular flexibility index (Phi) is 7.97. The van der Waals surface area contributed by atoms with E-state index in [1.165, 1.54) is 0 Å². The predicted octanol–water partition coefficient (Wildman–Crippen LogP) is 3.87. The summed E-state index contributed by atoms with van der Waals surface area (Å²) in [6.45, 7) is 9.62. The number of nitrogens with one attached hydrogen (secondary N) is 1. The van der Waals surface area contributed by atoms with Crippen LogP contribution < -0.4 is 4.72 Å². The molecule has 0 spiro atoms. The molecular formula is C24H32N2O5S2. The molecule has 3 rings (SSSR count). The third kappa shape index (κ3) is 5.47. The molecule has 1 aliphatic rings. The van der Waals surface area contributed by atoms with Gasteiger partial charge in [-0.1, -0.05) is 6.07 Å². The van der Waals surface area contributed by atoms with E-state index >= 15 is 0 Å². The first-order valence-electron chi connectivity index (χ1n) is 11.1. The van der Waals surface area contributed by atoms with Crippen molar-refractivity contribution in [3.8, 4) is 0 Å². The highest BCUT2D eigenvalue weighted by Crippen LogP contribution is 2.34. The lowest BCUT2D eigenvalue weighted by molar-refractivity contribution is -0.152. The van der Waals surface area contributed by atoms with Crippen molar-refractivity contribution in [2.45, 2.75) is 64.8 Å². The highest BCUT2D eigenvalue weighted by Gasteiger charge is 2.31. The Bertz CT molecular complexity index is 1110. The summed E-state index contributed by atoms with van der Waals surface area (Å²) in [7, 11) is -3.79. The number of nitrogens with zero attached hydrogens (tertiary/aromatic N) is 1. The molecular weight excluding hydrogens is 460 g/mol. The van der Waals surface area contributed by atoms with Crippen LogP contribution in [-0.2, 0) is 24.3 Å². The molecule has 1 fully saturated rings. The maximum Gasteiger partial charge on any atom is 0.307 e. The number of rotatable bonds is 8. The number of likely N-dealkylation sites (tertiary alicyclic amines) is 1. The van der Waals surface area contributed by atoms with Crippen LogP contribution in [0, 0.1) is 34.6 Å². The maximum atomic E-state index is 12.9. The molecule has 1 unspecified atom stereocenters. The fraction of sp³-hybridized carbons (Fsp3) is 0.500. The smallest absolute Gasteiger partial charge is 0.307 e. The quantitative estimate of drug-likeness (QED) is 0.565. The van der Waals surface area contributed by atoms with Gasteiger partial charge < -0.3 is 9.64 Å². The zero-order valence-corrected chi connectivity index (χ0v) is 21.5. The minimum atomic E-state index is -3.79. The molecule has 180 valence electrons. The third-order valence-corrected chi connectivity index (χ3v) is 9.33. The predicted molar refractivity (Wildman–Crippen MR) is 129 cm³/mol. The van der Waals surface area contributed by atoms with Gasteiger partial charge >= 0.3 is 5.97 Å². The number of hydrogen-bond acceptors (Lipinski definition) is 6. The van der Waals surface area contributed by atoms with Crippen molar-refractivity contribution < 1.29 is 22.7 Å². The number of carbonyl (C=O) groups is 2. The molecule has 1 N–H and O–H groups in total. The Hall–Kier alpha value is -2.23. The molecule has 1 aliphatic heterocycles. The normalized spacial score (nSPS) is 16.3. The summed E-state index contributed by atoms with van der Waals surface area (Å²) in [6.07, 6.45) is 1.67. The fourth-order valence-corrected chi connectivity index (χ4v) is 6.87. The summed E-state index contributed by atoms with van der Waals surface area (Å²) >= 11 is 1.61. The number of ether oxygens (including phenoxy) is 1. The van der Waals surface area contributed by atoms with Gasteiger partial charge in [-0.05, 0) is 86.7 Å². The molecule has 33 heavy (non-hydrogen) atoms. The first-order chi connectivity index (χ1) is 15.5. The van der Waals surface area contributed by atoms with Gasteiger partial charge in [0.15, 0.2) is 6.61 Å². The summed E-state index contributed by atoms with van der Waals surface area (Å²) in [5.74, 6) is -0.834.